The molecule has 6 heteroatoms. The number of nitrogens with one attached hydrogen (secondary N) is 1. The molecule has 0 saturated heterocycles. The van der Waals surface area contributed by atoms with Crippen LogP contribution in [0.15, 0.2) is 0 Å². The fraction of sp³-hybridized carbons (Fsp3) is 0.455. The number of amides is 2. The van der Waals surface area contributed by atoms with Crippen molar-refractivity contribution in [2.45, 2.75) is 31.6 Å². The Hall–Kier alpha value is -1.07. The van der Waals surface area contributed by atoms with E-state index >= 15 is 0 Å². The summed E-state index contributed by atoms with van der Waals surface area (Å²) in [5.41, 5.74) is 6.83. The highest BCUT2D eigenvalue weighted by Crippen LogP contribution is 2.38. The summed E-state index contributed by atoms with van der Waals surface area (Å²) in [6.45, 7) is 1.59. The highest BCUT2D eigenvalue weighted by atomic mass is 35.5. The zero-order valence-corrected chi connectivity index (χ0v) is 11.0. The van der Waals surface area contributed by atoms with Crippen molar-refractivity contribution in [3.05, 3.63) is 16.0 Å². The van der Waals surface area contributed by atoms with Crippen LogP contribution in [-0.2, 0) is 17.6 Å². The van der Waals surface area contributed by atoms with E-state index in [-0.39, 0.29) is 5.91 Å². The second-order valence-corrected chi connectivity index (χ2v) is 5.79. The number of carbonyl (C=O) groups excluding carboxylic acids is 2. The number of hydrogen-bond acceptors (Lipinski definition) is 3. The summed E-state index contributed by atoms with van der Waals surface area (Å²) in [6, 6.07) is 0. The lowest BCUT2D eigenvalue weighted by Gasteiger charge is -2.06. The molecular weight excluding hydrogens is 260 g/mol. The Morgan fingerprint density at radius 1 is 1.47 bits per heavy atom. The highest BCUT2D eigenvalue weighted by Gasteiger charge is 2.26. The van der Waals surface area contributed by atoms with Gasteiger partial charge in [-0.1, -0.05) is 0 Å². The van der Waals surface area contributed by atoms with Crippen molar-refractivity contribution in [1.82, 2.24) is 0 Å². The molecular formula is C11H13ClN2O2S. The van der Waals surface area contributed by atoms with Gasteiger partial charge in [-0.15, -0.1) is 22.9 Å². The maximum Gasteiger partial charge on any atom is 0.251 e. The molecule has 1 aromatic heterocycles. The van der Waals surface area contributed by atoms with Crippen molar-refractivity contribution in [3.63, 3.8) is 0 Å². The van der Waals surface area contributed by atoms with Gasteiger partial charge in [-0.2, -0.15) is 0 Å². The Bertz CT molecular complexity index is 482. The minimum atomic E-state index is -0.632. The summed E-state index contributed by atoms with van der Waals surface area (Å²) in [6.07, 6.45) is 2.85. The Balaban J connectivity index is 2.35. The predicted octanol–water partition coefficient (Wildman–Crippen LogP) is 1.90. The average molecular weight is 273 g/mol. The van der Waals surface area contributed by atoms with E-state index in [1.165, 1.54) is 11.3 Å². The zero-order valence-electron chi connectivity index (χ0n) is 9.38. The smallest absolute Gasteiger partial charge is 0.251 e. The van der Waals surface area contributed by atoms with Gasteiger partial charge >= 0.3 is 0 Å². The highest BCUT2D eigenvalue weighted by molar-refractivity contribution is 7.17. The van der Waals surface area contributed by atoms with E-state index in [2.05, 4.69) is 5.32 Å². The lowest BCUT2D eigenvalue weighted by Crippen LogP contribution is -2.22. The molecule has 0 aromatic carbocycles. The Morgan fingerprint density at radius 3 is 2.76 bits per heavy atom. The van der Waals surface area contributed by atoms with Gasteiger partial charge < -0.3 is 11.1 Å². The first-order valence-electron chi connectivity index (χ1n) is 5.40. The molecule has 0 saturated carbocycles. The van der Waals surface area contributed by atoms with Crippen molar-refractivity contribution in [1.29, 1.82) is 0 Å². The molecule has 1 aliphatic carbocycles. The van der Waals surface area contributed by atoms with Crippen LogP contribution in [0.3, 0.4) is 0 Å². The second kappa shape index (κ2) is 4.66. The number of nitrogens with two attached hydrogens (primary N) is 1. The average Bonchev–Trinajstić information content (AvgIpc) is 2.75. The number of aryl methyl sites for hydroxylation is 1. The summed E-state index contributed by atoms with van der Waals surface area (Å²) in [4.78, 5) is 24.1. The number of thiophene rings is 1. The number of anilines is 1. The molecule has 1 aliphatic rings. The van der Waals surface area contributed by atoms with Crippen LogP contribution in [0.5, 0.6) is 0 Å². The molecule has 3 N–H and O–H groups in total. The van der Waals surface area contributed by atoms with Crippen molar-refractivity contribution < 1.29 is 9.59 Å². The van der Waals surface area contributed by atoms with Gasteiger partial charge in [0.05, 0.1) is 5.56 Å². The molecule has 4 nitrogen and oxygen atoms in total. The van der Waals surface area contributed by atoms with Crippen molar-refractivity contribution >= 4 is 39.8 Å². The normalized spacial score (nSPS) is 15.4. The standard InChI is InChI=1S/C11H13ClN2O2S/c1-5(12)10(16)14-11-8(9(13)15)6-3-2-4-7(6)17-11/h5H,2-4H2,1H3,(H2,13,15)(H,14,16)/t5-/m1/s1. The van der Waals surface area contributed by atoms with Crippen LogP contribution < -0.4 is 11.1 Å². The van der Waals surface area contributed by atoms with Crippen molar-refractivity contribution in [2.24, 2.45) is 5.73 Å². The number of halogens is 1. The molecule has 17 heavy (non-hydrogen) atoms. The molecule has 0 fully saturated rings. The van der Waals surface area contributed by atoms with Gasteiger partial charge in [0, 0.05) is 4.88 Å². The topological polar surface area (TPSA) is 72.2 Å². The van der Waals surface area contributed by atoms with Gasteiger partial charge in [-0.25, -0.2) is 0 Å². The van der Waals surface area contributed by atoms with E-state index in [0.29, 0.717) is 10.6 Å². The van der Waals surface area contributed by atoms with Crippen LogP contribution >= 0.6 is 22.9 Å². The van der Waals surface area contributed by atoms with Gasteiger partial charge in [0.15, 0.2) is 0 Å². The van der Waals surface area contributed by atoms with E-state index in [1.54, 1.807) is 6.92 Å². The Labute approximate surface area is 108 Å². The third kappa shape index (κ3) is 2.30. The lowest BCUT2D eigenvalue weighted by atomic mass is 10.1. The van der Waals surface area contributed by atoms with Crippen LogP contribution in [0, 0.1) is 0 Å². The SMILES string of the molecule is C[C@@H](Cl)C(=O)Nc1sc2c(c1C(N)=O)CCC2. The first-order valence-corrected chi connectivity index (χ1v) is 6.65. The Morgan fingerprint density at radius 2 is 2.18 bits per heavy atom. The van der Waals surface area contributed by atoms with Crippen LogP contribution in [0.1, 0.15) is 34.1 Å². The molecule has 0 spiro atoms. The molecule has 0 aliphatic heterocycles. The largest absolute Gasteiger partial charge is 0.365 e. The summed E-state index contributed by atoms with van der Waals surface area (Å²) < 4.78 is 0. The molecule has 1 aromatic rings. The zero-order chi connectivity index (χ0) is 12.6. The van der Waals surface area contributed by atoms with E-state index < -0.39 is 11.3 Å². The molecule has 0 radical (unpaired) electrons. The minimum absolute atomic E-state index is 0.311. The predicted molar refractivity (Wildman–Crippen MR) is 68.8 cm³/mol. The van der Waals surface area contributed by atoms with E-state index in [4.69, 9.17) is 17.3 Å². The van der Waals surface area contributed by atoms with Crippen LogP contribution in [0.2, 0.25) is 0 Å². The van der Waals surface area contributed by atoms with Gasteiger partial charge in [-0.3, -0.25) is 9.59 Å². The maximum absolute atomic E-state index is 11.5. The fourth-order valence-electron chi connectivity index (χ4n) is 1.96. The molecule has 2 rings (SSSR count). The number of alkyl halides is 1. The fourth-order valence-corrected chi connectivity index (χ4v) is 3.32. The van der Waals surface area contributed by atoms with Gasteiger partial charge in [0.1, 0.15) is 10.4 Å². The van der Waals surface area contributed by atoms with E-state index in [9.17, 15) is 9.59 Å². The number of fused-ring (bicyclic) bond motifs is 1. The molecule has 0 unspecified atom stereocenters. The summed E-state index contributed by atoms with van der Waals surface area (Å²) in [5.74, 6) is -0.795. The summed E-state index contributed by atoms with van der Waals surface area (Å²) in [5, 5.41) is 2.58. The van der Waals surface area contributed by atoms with E-state index in [0.717, 1.165) is 29.7 Å². The molecule has 92 valence electrons. The number of carbonyl (C=O) groups is 2. The first kappa shape index (κ1) is 12.4. The van der Waals surface area contributed by atoms with Crippen LogP contribution in [-0.4, -0.2) is 17.2 Å². The Kier molecular flexibility index (Phi) is 3.40. The van der Waals surface area contributed by atoms with Crippen LogP contribution in [0.25, 0.3) is 0 Å². The molecule has 1 heterocycles. The maximum atomic E-state index is 11.5. The van der Waals surface area contributed by atoms with Gasteiger partial charge in [-0.05, 0) is 31.7 Å². The molecule has 0 bridgehead atoms. The van der Waals surface area contributed by atoms with Crippen molar-refractivity contribution in [3.8, 4) is 0 Å². The third-order valence-corrected chi connectivity index (χ3v) is 4.17. The molecule has 2 amide bonds. The first-order chi connectivity index (χ1) is 8.00. The number of primary amides is 1. The number of hydrogen-bond donors (Lipinski definition) is 2. The molecule has 1 atom stereocenters. The summed E-state index contributed by atoms with van der Waals surface area (Å²) in [7, 11) is 0. The van der Waals surface area contributed by atoms with Gasteiger partial charge in [0.25, 0.3) is 5.91 Å². The quantitative estimate of drug-likeness (QED) is 0.825. The monoisotopic (exact) mass is 272 g/mol. The van der Waals surface area contributed by atoms with Crippen molar-refractivity contribution in [2.75, 3.05) is 5.32 Å². The number of rotatable bonds is 3. The van der Waals surface area contributed by atoms with Crippen LogP contribution in [0.4, 0.5) is 5.00 Å². The minimum Gasteiger partial charge on any atom is -0.365 e. The van der Waals surface area contributed by atoms with Gasteiger partial charge in [0.2, 0.25) is 5.91 Å². The second-order valence-electron chi connectivity index (χ2n) is 4.03. The van der Waals surface area contributed by atoms with E-state index in [1.807, 2.05) is 0 Å². The third-order valence-electron chi connectivity index (χ3n) is 2.77. The summed E-state index contributed by atoms with van der Waals surface area (Å²) >= 11 is 7.11. The lowest BCUT2D eigenvalue weighted by molar-refractivity contribution is -0.115.